The molecule has 1 aromatic carbocycles. The van der Waals surface area contributed by atoms with Crippen LogP contribution in [0.1, 0.15) is 37.5 Å². The van der Waals surface area contributed by atoms with Crippen molar-refractivity contribution in [3.8, 4) is 0 Å². The maximum atomic E-state index is 12.4. The van der Waals surface area contributed by atoms with Crippen molar-refractivity contribution in [3.63, 3.8) is 0 Å². The van der Waals surface area contributed by atoms with E-state index in [0.29, 0.717) is 18.7 Å². The summed E-state index contributed by atoms with van der Waals surface area (Å²) < 4.78 is 0. The number of carbonyl (C=O) groups excluding carboxylic acids is 2. The summed E-state index contributed by atoms with van der Waals surface area (Å²) >= 11 is 0. The Morgan fingerprint density at radius 2 is 1.63 bits per heavy atom. The third-order valence-corrected chi connectivity index (χ3v) is 4.16. The minimum absolute atomic E-state index is 0.201. The number of benzene rings is 1. The molecule has 0 bridgehead atoms. The third-order valence-electron chi connectivity index (χ3n) is 4.16. The number of amides is 2. The Morgan fingerprint density at radius 1 is 0.889 bits per heavy atom. The highest BCUT2D eigenvalue weighted by Crippen LogP contribution is 2.08. The third kappa shape index (κ3) is 4.98. The molecular weight excluding hydrogens is 340 g/mol. The molecule has 6 nitrogen and oxygen atoms in total. The largest absolute Gasteiger partial charge is 0.348 e. The number of aryl methyl sites for hydroxylation is 1. The highest BCUT2D eigenvalue weighted by atomic mass is 16.2. The number of hydrogen-bond acceptors (Lipinski definition) is 4. The second-order valence-electron chi connectivity index (χ2n) is 6.08. The van der Waals surface area contributed by atoms with Crippen LogP contribution in [-0.2, 0) is 13.1 Å². The molecule has 3 rings (SSSR count). The molecule has 2 N–H and O–H groups in total. The number of nitrogens with one attached hydrogen (secondary N) is 2. The van der Waals surface area contributed by atoms with Gasteiger partial charge in [-0.1, -0.05) is 24.3 Å². The summed E-state index contributed by atoms with van der Waals surface area (Å²) in [5, 5.41) is 5.66. The average molecular weight is 360 g/mol. The van der Waals surface area contributed by atoms with E-state index in [-0.39, 0.29) is 17.5 Å². The molecule has 6 heteroatoms. The van der Waals surface area contributed by atoms with Gasteiger partial charge in [-0.15, -0.1) is 0 Å². The quantitative estimate of drug-likeness (QED) is 0.708. The van der Waals surface area contributed by atoms with Gasteiger partial charge in [-0.2, -0.15) is 0 Å². The second kappa shape index (κ2) is 8.71. The van der Waals surface area contributed by atoms with Gasteiger partial charge in [-0.25, -0.2) is 0 Å². The van der Waals surface area contributed by atoms with Crippen LogP contribution < -0.4 is 10.6 Å². The van der Waals surface area contributed by atoms with Crippen LogP contribution >= 0.6 is 0 Å². The van der Waals surface area contributed by atoms with Gasteiger partial charge < -0.3 is 10.6 Å². The molecular formula is C21H20N4O2. The lowest BCUT2D eigenvalue weighted by Crippen LogP contribution is -2.26. The molecule has 0 unspecified atom stereocenters. The number of nitrogens with zero attached hydrogens (tertiary/aromatic N) is 2. The van der Waals surface area contributed by atoms with Crippen molar-refractivity contribution in [2.45, 2.75) is 20.0 Å². The van der Waals surface area contributed by atoms with Gasteiger partial charge in [-0.3, -0.25) is 19.6 Å². The molecule has 2 heterocycles. The minimum Gasteiger partial charge on any atom is -0.348 e. The van der Waals surface area contributed by atoms with Crippen molar-refractivity contribution in [2.24, 2.45) is 0 Å². The number of rotatable bonds is 6. The van der Waals surface area contributed by atoms with Crippen molar-refractivity contribution in [2.75, 3.05) is 0 Å². The molecule has 0 radical (unpaired) electrons. The Hall–Kier alpha value is -3.54. The standard InChI is InChI=1S/C21H20N4O2/c1-15-4-2-3-5-18(15)14-25-20(26)17-8-11-23-19(12-17)21(27)24-13-16-6-9-22-10-7-16/h2-12H,13-14H2,1H3,(H,24,27)(H,25,26). The maximum Gasteiger partial charge on any atom is 0.270 e. The Kier molecular flexibility index (Phi) is 5.89. The summed E-state index contributed by atoms with van der Waals surface area (Å²) in [7, 11) is 0. The van der Waals surface area contributed by atoms with E-state index in [1.165, 1.54) is 12.3 Å². The smallest absolute Gasteiger partial charge is 0.270 e. The fourth-order valence-electron chi connectivity index (χ4n) is 2.56. The van der Waals surface area contributed by atoms with Gasteiger partial charge in [-0.05, 0) is 47.9 Å². The van der Waals surface area contributed by atoms with E-state index in [4.69, 9.17) is 0 Å². The number of aromatic nitrogens is 2. The predicted molar refractivity (Wildman–Crippen MR) is 102 cm³/mol. The monoisotopic (exact) mass is 360 g/mol. The van der Waals surface area contributed by atoms with E-state index in [9.17, 15) is 9.59 Å². The van der Waals surface area contributed by atoms with E-state index in [1.54, 1.807) is 18.5 Å². The summed E-state index contributed by atoms with van der Waals surface area (Å²) in [6.07, 6.45) is 4.79. The summed E-state index contributed by atoms with van der Waals surface area (Å²) in [5.74, 6) is -0.579. The molecule has 136 valence electrons. The molecule has 0 fully saturated rings. The van der Waals surface area contributed by atoms with E-state index >= 15 is 0 Å². The zero-order valence-electron chi connectivity index (χ0n) is 15.0. The van der Waals surface area contributed by atoms with E-state index in [1.807, 2.05) is 43.3 Å². The Morgan fingerprint density at radius 3 is 2.41 bits per heavy atom. The average Bonchev–Trinajstić information content (AvgIpc) is 2.72. The Labute approximate surface area is 157 Å². The Bertz CT molecular complexity index is 942. The molecule has 0 spiro atoms. The van der Waals surface area contributed by atoms with Gasteiger partial charge in [0.05, 0.1) is 0 Å². The van der Waals surface area contributed by atoms with Crippen LogP contribution in [0.25, 0.3) is 0 Å². The highest BCUT2D eigenvalue weighted by Gasteiger charge is 2.12. The molecule has 0 atom stereocenters. The van der Waals surface area contributed by atoms with Gasteiger partial charge in [0.25, 0.3) is 11.8 Å². The first-order chi connectivity index (χ1) is 13.1. The van der Waals surface area contributed by atoms with Crippen LogP contribution in [0, 0.1) is 6.92 Å². The number of carbonyl (C=O) groups is 2. The lowest BCUT2D eigenvalue weighted by Gasteiger charge is -2.09. The van der Waals surface area contributed by atoms with Gasteiger partial charge in [0.1, 0.15) is 5.69 Å². The maximum absolute atomic E-state index is 12.4. The second-order valence-corrected chi connectivity index (χ2v) is 6.08. The summed E-state index contributed by atoms with van der Waals surface area (Å²) in [5.41, 5.74) is 3.70. The molecule has 2 amide bonds. The van der Waals surface area contributed by atoms with Gasteiger partial charge in [0, 0.05) is 37.2 Å². The topological polar surface area (TPSA) is 84.0 Å². The molecule has 2 aromatic heterocycles. The molecule has 0 aliphatic heterocycles. The van der Waals surface area contributed by atoms with E-state index < -0.39 is 0 Å². The van der Waals surface area contributed by atoms with E-state index in [0.717, 1.165) is 16.7 Å². The molecule has 3 aromatic rings. The fraction of sp³-hybridized carbons (Fsp3) is 0.143. The molecule has 27 heavy (non-hydrogen) atoms. The van der Waals surface area contributed by atoms with Crippen LogP contribution in [-0.4, -0.2) is 21.8 Å². The summed E-state index contributed by atoms with van der Waals surface area (Å²) in [4.78, 5) is 32.7. The van der Waals surface area contributed by atoms with Crippen molar-refractivity contribution in [1.29, 1.82) is 0 Å². The summed E-state index contributed by atoms with van der Waals surface area (Å²) in [6, 6.07) is 14.6. The van der Waals surface area contributed by atoms with Crippen molar-refractivity contribution < 1.29 is 9.59 Å². The normalized spacial score (nSPS) is 10.3. The van der Waals surface area contributed by atoms with Crippen LogP contribution in [0.5, 0.6) is 0 Å². The predicted octanol–water partition coefficient (Wildman–Crippen LogP) is 2.65. The minimum atomic E-state index is -0.333. The molecule has 0 saturated carbocycles. The first kappa shape index (κ1) is 18.3. The van der Waals surface area contributed by atoms with Gasteiger partial charge >= 0.3 is 0 Å². The van der Waals surface area contributed by atoms with Gasteiger partial charge in [0.15, 0.2) is 0 Å². The number of hydrogen-bond donors (Lipinski definition) is 2. The number of pyridine rings is 2. The van der Waals surface area contributed by atoms with Crippen molar-refractivity contribution in [1.82, 2.24) is 20.6 Å². The van der Waals surface area contributed by atoms with Gasteiger partial charge in [0.2, 0.25) is 0 Å². The summed E-state index contributed by atoms with van der Waals surface area (Å²) in [6.45, 7) is 2.79. The molecule has 0 aliphatic carbocycles. The van der Waals surface area contributed by atoms with Crippen molar-refractivity contribution in [3.05, 3.63) is 95.1 Å². The van der Waals surface area contributed by atoms with Crippen LogP contribution in [0.15, 0.2) is 67.1 Å². The lowest BCUT2D eigenvalue weighted by molar-refractivity contribution is 0.0946. The zero-order valence-corrected chi connectivity index (χ0v) is 15.0. The van der Waals surface area contributed by atoms with Crippen LogP contribution in [0.2, 0.25) is 0 Å². The van der Waals surface area contributed by atoms with Crippen molar-refractivity contribution >= 4 is 11.8 Å². The first-order valence-corrected chi connectivity index (χ1v) is 8.59. The van der Waals surface area contributed by atoms with Crippen LogP contribution in [0.4, 0.5) is 0 Å². The fourth-order valence-corrected chi connectivity index (χ4v) is 2.56. The lowest BCUT2D eigenvalue weighted by atomic mass is 10.1. The SMILES string of the molecule is Cc1ccccc1CNC(=O)c1ccnc(C(=O)NCc2ccncc2)c1. The van der Waals surface area contributed by atoms with Crippen LogP contribution in [0.3, 0.4) is 0 Å². The van der Waals surface area contributed by atoms with E-state index in [2.05, 4.69) is 20.6 Å². The highest BCUT2D eigenvalue weighted by molar-refractivity contribution is 5.98. The zero-order chi connectivity index (χ0) is 19.1. The molecule has 0 saturated heterocycles. The molecule has 0 aliphatic rings. The Balaban J connectivity index is 1.61. The first-order valence-electron chi connectivity index (χ1n) is 8.59.